The molecule has 0 aliphatic carbocycles. The lowest BCUT2D eigenvalue weighted by Crippen LogP contribution is -2.40. The van der Waals surface area contributed by atoms with Crippen LogP contribution in [-0.4, -0.2) is 48.6 Å². The molecule has 1 fully saturated rings. The van der Waals surface area contributed by atoms with E-state index in [1.165, 1.54) is 16.4 Å². The van der Waals surface area contributed by atoms with Gasteiger partial charge in [-0.3, -0.25) is 0 Å². The zero-order valence-corrected chi connectivity index (χ0v) is 18.5. The number of ether oxygens (including phenoxy) is 1. The maximum Gasteiger partial charge on any atom is 0.243 e. The van der Waals surface area contributed by atoms with E-state index in [-0.39, 0.29) is 16.8 Å². The van der Waals surface area contributed by atoms with Gasteiger partial charge in [-0.1, -0.05) is 12.1 Å². The summed E-state index contributed by atoms with van der Waals surface area (Å²) in [4.78, 5) is 4.97. The first-order valence-electron chi connectivity index (χ1n) is 10.5. The molecule has 1 aromatic heterocycles. The highest BCUT2D eigenvalue weighted by Gasteiger charge is 2.27. The summed E-state index contributed by atoms with van der Waals surface area (Å²) in [6, 6.07) is 11.6. The average molecular weight is 447 g/mol. The van der Waals surface area contributed by atoms with Gasteiger partial charge >= 0.3 is 0 Å². The van der Waals surface area contributed by atoms with Gasteiger partial charge in [-0.15, -0.1) is 0 Å². The molecule has 166 valence electrons. The monoisotopic (exact) mass is 446 g/mol. The van der Waals surface area contributed by atoms with Gasteiger partial charge in [-0.2, -0.15) is 4.31 Å². The largest absolute Gasteiger partial charge is 0.379 e. The average Bonchev–Trinajstić information content (AvgIpc) is 3.15. The minimum atomic E-state index is -3.57. The summed E-state index contributed by atoms with van der Waals surface area (Å²) in [5, 5.41) is 3.42. The van der Waals surface area contributed by atoms with Crippen molar-refractivity contribution in [1.82, 2.24) is 19.2 Å². The lowest BCUT2D eigenvalue weighted by atomic mass is 10.1. The minimum absolute atomic E-state index is 0.0166. The smallest absolute Gasteiger partial charge is 0.243 e. The topological polar surface area (TPSA) is 76.5 Å². The zero-order chi connectivity index (χ0) is 22.0. The van der Waals surface area contributed by atoms with Crippen molar-refractivity contribution in [2.75, 3.05) is 26.3 Å². The number of sulfonamides is 1. The number of halogens is 1. The van der Waals surface area contributed by atoms with Crippen molar-refractivity contribution in [3.05, 3.63) is 59.7 Å². The van der Waals surface area contributed by atoms with Crippen molar-refractivity contribution < 1.29 is 17.5 Å². The van der Waals surface area contributed by atoms with E-state index < -0.39 is 10.0 Å². The van der Waals surface area contributed by atoms with Crippen molar-refractivity contribution in [1.29, 1.82) is 0 Å². The molecule has 1 aliphatic rings. The molecule has 0 radical (unpaired) electrons. The molecule has 0 bridgehead atoms. The van der Waals surface area contributed by atoms with Crippen molar-refractivity contribution in [3.8, 4) is 0 Å². The normalized spacial score (nSPS) is 16.6. The molecule has 0 saturated carbocycles. The predicted molar refractivity (Wildman–Crippen MR) is 117 cm³/mol. The molecule has 2 aromatic carbocycles. The second-order valence-corrected chi connectivity index (χ2v) is 9.53. The maximum absolute atomic E-state index is 13.2. The van der Waals surface area contributed by atoms with Crippen LogP contribution in [-0.2, 0) is 27.8 Å². The summed E-state index contributed by atoms with van der Waals surface area (Å²) in [5.74, 6) is 0.568. The summed E-state index contributed by atoms with van der Waals surface area (Å²) in [7, 11) is -3.57. The quantitative estimate of drug-likeness (QED) is 0.604. The number of benzene rings is 2. The van der Waals surface area contributed by atoms with Gasteiger partial charge in [0.15, 0.2) is 0 Å². The van der Waals surface area contributed by atoms with E-state index in [9.17, 15) is 12.8 Å². The van der Waals surface area contributed by atoms with Gasteiger partial charge < -0.3 is 14.6 Å². The molecule has 3 aromatic rings. The second-order valence-electron chi connectivity index (χ2n) is 7.59. The summed E-state index contributed by atoms with van der Waals surface area (Å²) < 4.78 is 47.9. The number of hydrogen-bond acceptors (Lipinski definition) is 5. The molecule has 1 aliphatic heterocycles. The lowest BCUT2D eigenvalue weighted by Gasteiger charge is -2.26. The van der Waals surface area contributed by atoms with Crippen molar-refractivity contribution in [3.63, 3.8) is 0 Å². The van der Waals surface area contributed by atoms with Crippen LogP contribution in [0.15, 0.2) is 47.4 Å². The molecular formula is C22H27FN4O3S. The third kappa shape index (κ3) is 4.50. The molecule has 7 nitrogen and oxygen atoms in total. The van der Waals surface area contributed by atoms with Gasteiger partial charge in [0, 0.05) is 25.7 Å². The summed E-state index contributed by atoms with van der Waals surface area (Å²) in [5.41, 5.74) is 2.54. The Labute approximate surface area is 181 Å². The van der Waals surface area contributed by atoms with Gasteiger partial charge in [0.2, 0.25) is 10.0 Å². The Morgan fingerprint density at radius 3 is 2.55 bits per heavy atom. The lowest BCUT2D eigenvalue weighted by molar-refractivity contribution is 0.0730. The number of imidazole rings is 1. The van der Waals surface area contributed by atoms with E-state index in [0.29, 0.717) is 44.9 Å². The number of nitrogens with one attached hydrogen (secondary N) is 1. The number of rotatable bonds is 7. The van der Waals surface area contributed by atoms with Crippen LogP contribution in [0.4, 0.5) is 4.39 Å². The van der Waals surface area contributed by atoms with E-state index in [4.69, 9.17) is 9.72 Å². The van der Waals surface area contributed by atoms with Crippen LogP contribution in [0.5, 0.6) is 0 Å². The van der Waals surface area contributed by atoms with Gasteiger partial charge in [0.25, 0.3) is 0 Å². The Bertz CT molecular complexity index is 1160. The third-order valence-corrected chi connectivity index (χ3v) is 7.55. The fourth-order valence-corrected chi connectivity index (χ4v) is 5.29. The molecule has 0 spiro atoms. The van der Waals surface area contributed by atoms with Crippen LogP contribution >= 0.6 is 0 Å². The highest BCUT2D eigenvalue weighted by molar-refractivity contribution is 7.89. The third-order valence-electron chi connectivity index (χ3n) is 5.66. The molecule has 31 heavy (non-hydrogen) atoms. The molecule has 0 amide bonds. The predicted octanol–water partition coefficient (Wildman–Crippen LogP) is 3.07. The Morgan fingerprint density at radius 1 is 1.16 bits per heavy atom. The number of aryl methyl sites for hydroxylation is 1. The van der Waals surface area contributed by atoms with E-state index in [1.54, 1.807) is 24.3 Å². The summed E-state index contributed by atoms with van der Waals surface area (Å²) in [6.07, 6.45) is 0. The zero-order valence-electron chi connectivity index (χ0n) is 17.7. The van der Waals surface area contributed by atoms with E-state index in [2.05, 4.69) is 9.88 Å². The van der Waals surface area contributed by atoms with Crippen LogP contribution in [0.3, 0.4) is 0 Å². The molecular weight excluding hydrogens is 419 g/mol. The number of hydrogen-bond donors (Lipinski definition) is 1. The Kier molecular flexibility index (Phi) is 6.38. The van der Waals surface area contributed by atoms with Gasteiger partial charge in [0.05, 0.1) is 35.7 Å². The van der Waals surface area contributed by atoms with Crippen LogP contribution in [0, 0.1) is 5.82 Å². The molecule has 9 heteroatoms. The molecule has 1 unspecified atom stereocenters. The first kappa shape index (κ1) is 21.9. The Hall–Kier alpha value is -2.33. The molecule has 4 rings (SSSR count). The fourth-order valence-electron chi connectivity index (χ4n) is 3.86. The van der Waals surface area contributed by atoms with Crippen LogP contribution < -0.4 is 5.32 Å². The SMILES string of the molecule is CCn1c(CNC(C)c2ccc(F)cc2)nc2cc(S(=O)(=O)N3CCOCC3)ccc21. The summed E-state index contributed by atoms with van der Waals surface area (Å²) in [6.45, 7) is 6.81. The van der Waals surface area contributed by atoms with E-state index in [0.717, 1.165) is 16.9 Å². The molecule has 2 heterocycles. The fraction of sp³-hybridized carbons (Fsp3) is 0.409. The van der Waals surface area contributed by atoms with E-state index in [1.807, 2.05) is 19.9 Å². The minimum Gasteiger partial charge on any atom is -0.379 e. The Balaban J connectivity index is 1.57. The number of nitrogens with zero attached hydrogens (tertiary/aromatic N) is 3. The Morgan fingerprint density at radius 2 is 1.87 bits per heavy atom. The number of fused-ring (bicyclic) bond motifs is 1. The second kappa shape index (κ2) is 9.04. The highest BCUT2D eigenvalue weighted by Crippen LogP contribution is 2.24. The number of aromatic nitrogens is 2. The van der Waals surface area contributed by atoms with Crippen molar-refractivity contribution >= 4 is 21.1 Å². The van der Waals surface area contributed by atoms with Crippen molar-refractivity contribution in [2.45, 2.75) is 37.9 Å². The molecule has 1 N–H and O–H groups in total. The van der Waals surface area contributed by atoms with Crippen LogP contribution in [0.1, 0.15) is 31.3 Å². The van der Waals surface area contributed by atoms with Crippen LogP contribution in [0.25, 0.3) is 11.0 Å². The van der Waals surface area contributed by atoms with Gasteiger partial charge in [-0.05, 0) is 49.7 Å². The maximum atomic E-state index is 13.2. The van der Waals surface area contributed by atoms with Gasteiger partial charge in [-0.25, -0.2) is 17.8 Å². The van der Waals surface area contributed by atoms with Gasteiger partial charge in [0.1, 0.15) is 11.6 Å². The standard InChI is InChI=1S/C22H27FN4O3S/c1-3-27-21-9-8-19(31(28,29)26-10-12-30-13-11-26)14-20(21)25-22(27)15-24-16(2)17-4-6-18(23)7-5-17/h4-9,14,16,24H,3,10-13,15H2,1-2H3. The first-order chi connectivity index (χ1) is 14.9. The van der Waals surface area contributed by atoms with E-state index >= 15 is 0 Å². The summed E-state index contributed by atoms with van der Waals surface area (Å²) >= 11 is 0. The van der Waals surface area contributed by atoms with Crippen LogP contribution in [0.2, 0.25) is 0 Å². The van der Waals surface area contributed by atoms with Crippen molar-refractivity contribution in [2.24, 2.45) is 0 Å². The molecule has 1 atom stereocenters. The number of morpholine rings is 1. The molecule has 1 saturated heterocycles. The highest BCUT2D eigenvalue weighted by atomic mass is 32.2. The first-order valence-corrected chi connectivity index (χ1v) is 11.9.